The van der Waals surface area contributed by atoms with Crippen LogP contribution in [0.1, 0.15) is 32.9 Å². The maximum atomic E-state index is 11.9. The summed E-state index contributed by atoms with van der Waals surface area (Å²) in [6.45, 7) is 4.61. The Morgan fingerprint density at radius 1 is 1.36 bits per heavy atom. The van der Waals surface area contributed by atoms with Gasteiger partial charge in [0.2, 0.25) is 0 Å². The maximum absolute atomic E-state index is 11.9. The minimum atomic E-state index is -0.488. The normalized spacial score (nSPS) is 10.5. The third-order valence-electron chi connectivity index (χ3n) is 3.24. The molecule has 6 nitrogen and oxygen atoms in total. The third-order valence-corrected chi connectivity index (χ3v) is 4.31. The van der Waals surface area contributed by atoms with Crippen LogP contribution in [0.25, 0.3) is 0 Å². The van der Waals surface area contributed by atoms with E-state index in [2.05, 4.69) is 24.1 Å². The van der Waals surface area contributed by atoms with Gasteiger partial charge >= 0.3 is 0 Å². The van der Waals surface area contributed by atoms with Crippen molar-refractivity contribution in [1.82, 2.24) is 10.3 Å². The predicted molar refractivity (Wildman–Crippen MR) is 85.4 cm³/mol. The highest BCUT2D eigenvalue weighted by Crippen LogP contribution is 2.18. The number of nitrogens with zero attached hydrogens (tertiary/aromatic N) is 2. The zero-order chi connectivity index (χ0) is 16.1. The van der Waals surface area contributed by atoms with Gasteiger partial charge in [0.1, 0.15) is 0 Å². The number of rotatable bonds is 6. The third kappa shape index (κ3) is 3.88. The molecule has 116 valence electrons. The number of amides is 1. The molecular formula is C15H17N3O3S. The summed E-state index contributed by atoms with van der Waals surface area (Å²) >= 11 is 1.65. The van der Waals surface area contributed by atoms with Gasteiger partial charge in [-0.05, 0) is 25.5 Å². The van der Waals surface area contributed by atoms with Crippen LogP contribution in [0.2, 0.25) is 0 Å². The number of benzene rings is 1. The molecule has 0 aliphatic carbocycles. The highest BCUT2D eigenvalue weighted by atomic mass is 32.1. The van der Waals surface area contributed by atoms with Crippen LogP contribution in [0.5, 0.6) is 0 Å². The molecule has 0 bridgehead atoms. The molecule has 0 radical (unpaired) electrons. The van der Waals surface area contributed by atoms with Crippen molar-refractivity contribution in [2.24, 2.45) is 0 Å². The van der Waals surface area contributed by atoms with E-state index >= 15 is 0 Å². The molecular weight excluding hydrogens is 302 g/mol. The molecule has 7 heteroatoms. The smallest absolute Gasteiger partial charge is 0.269 e. The van der Waals surface area contributed by atoms with Crippen LogP contribution in [0.15, 0.2) is 24.3 Å². The maximum Gasteiger partial charge on any atom is 0.269 e. The standard InChI is InChI=1S/C15H17N3O3S/c1-3-13-10(2)22-14(17-13)8-9-16-15(19)11-4-6-12(7-5-11)18(20)21/h4-7H,3,8-9H2,1-2H3,(H,16,19). The van der Waals surface area contributed by atoms with E-state index in [1.165, 1.54) is 29.1 Å². The average Bonchev–Trinajstić information content (AvgIpc) is 2.87. The molecule has 0 unspecified atom stereocenters. The summed E-state index contributed by atoms with van der Waals surface area (Å²) in [4.78, 5) is 27.8. The summed E-state index contributed by atoms with van der Waals surface area (Å²) in [5.41, 5.74) is 1.50. The van der Waals surface area contributed by atoms with E-state index < -0.39 is 4.92 Å². The summed E-state index contributed by atoms with van der Waals surface area (Å²) in [7, 11) is 0. The van der Waals surface area contributed by atoms with Crippen LogP contribution in [0.4, 0.5) is 5.69 Å². The Kier molecular flexibility index (Phi) is 5.21. The number of hydrogen-bond donors (Lipinski definition) is 1. The second kappa shape index (κ2) is 7.13. The summed E-state index contributed by atoms with van der Waals surface area (Å²) in [6.07, 6.45) is 1.60. The number of non-ortho nitro benzene ring substituents is 1. The second-order valence-electron chi connectivity index (χ2n) is 4.77. The highest BCUT2D eigenvalue weighted by Gasteiger charge is 2.10. The molecule has 1 heterocycles. The largest absolute Gasteiger partial charge is 0.352 e. The van der Waals surface area contributed by atoms with Crippen molar-refractivity contribution in [3.63, 3.8) is 0 Å². The Hall–Kier alpha value is -2.28. The fourth-order valence-electron chi connectivity index (χ4n) is 2.04. The first kappa shape index (κ1) is 16.1. The van der Waals surface area contributed by atoms with Crippen LogP contribution >= 0.6 is 11.3 Å². The van der Waals surface area contributed by atoms with Gasteiger partial charge < -0.3 is 5.32 Å². The monoisotopic (exact) mass is 319 g/mol. The van der Waals surface area contributed by atoms with Gasteiger partial charge in [0.25, 0.3) is 11.6 Å². The summed E-state index contributed by atoms with van der Waals surface area (Å²) in [5, 5.41) is 14.4. The topological polar surface area (TPSA) is 85.1 Å². The summed E-state index contributed by atoms with van der Waals surface area (Å²) in [5.74, 6) is -0.237. The molecule has 0 fully saturated rings. The zero-order valence-corrected chi connectivity index (χ0v) is 13.3. The number of nitro groups is 1. The minimum absolute atomic E-state index is 0.0260. The molecule has 0 aliphatic rings. The molecule has 1 amide bonds. The van der Waals surface area contributed by atoms with Crippen molar-refractivity contribution in [3.05, 3.63) is 55.5 Å². The number of aromatic nitrogens is 1. The number of thiazole rings is 1. The van der Waals surface area contributed by atoms with Gasteiger partial charge in [-0.1, -0.05) is 6.92 Å². The summed E-state index contributed by atoms with van der Waals surface area (Å²) in [6, 6.07) is 5.56. The van der Waals surface area contributed by atoms with Crippen LogP contribution in [0, 0.1) is 17.0 Å². The van der Waals surface area contributed by atoms with E-state index in [1.807, 2.05) is 0 Å². The quantitative estimate of drug-likeness (QED) is 0.655. The molecule has 2 rings (SSSR count). The average molecular weight is 319 g/mol. The van der Waals surface area contributed by atoms with E-state index in [0.717, 1.165) is 17.1 Å². The second-order valence-corrected chi connectivity index (χ2v) is 6.06. The van der Waals surface area contributed by atoms with Crippen molar-refractivity contribution >= 4 is 22.9 Å². The lowest BCUT2D eigenvalue weighted by Gasteiger charge is -2.03. The first-order valence-corrected chi connectivity index (χ1v) is 7.80. The lowest BCUT2D eigenvalue weighted by molar-refractivity contribution is -0.384. The molecule has 0 saturated heterocycles. The molecule has 1 aromatic carbocycles. The molecule has 0 aliphatic heterocycles. The fourth-order valence-corrected chi connectivity index (χ4v) is 3.06. The number of hydrogen-bond acceptors (Lipinski definition) is 5. The number of carbonyl (C=O) groups is 1. The first-order valence-electron chi connectivity index (χ1n) is 6.99. The van der Waals surface area contributed by atoms with Crippen molar-refractivity contribution in [2.45, 2.75) is 26.7 Å². The zero-order valence-electron chi connectivity index (χ0n) is 12.5. The number of nitrogens with one attached hydrogen (secondary N) is 1. The Balaban J connectivity index is 1.88. The van der Waals surface area contributed by atoms with E-state index in [4.69, 9.17) is 0 Å². The molecule has 2 aromatic rings. The molecule has 1 N–H and O–H groups in total. The Morgan fingerprint density at radius 2 is 2.05 bits per heavy atom. The van der Waals surface area contributed by atoms with Crippen molar-refractivity contribution < 1.29 is 9.72 Å². The first-order chi connectivity index (χ1) is 10.5. The molecule has 0 saturated carbocycles. The number of carbonyl (C=O) groups excluding carboxylic acids is 1. The minimum Gasteiger partial charge on any atom is -0.352 e. The van der Waals surface area contributed by atoms with Crippen molar-refractivity contribution in [2.75, 3.05) is 6.54 Å². The fraction of sp³-hybridized carbons (Fsp3) is 0.333. The molecule has 1 aromatic heterocycles. The van der Waals surface area contributed by atoms with Crippen LogP contribution < -0.4 is 5.32 Å². The molecule has 0 atom stereocenters. The van der Waals surface area contributed by atoms with Gasteiger partial charge in [-0.3, -0.25) is 14.9 Å². The van der Waals surface area contributed by atoms with Crippen LogP contribution in [-0.2, 0) is 12.8 Å². The van der Waals surface area contributed by atoms with Gasteiger partial charge in [-0.15, -0.1) is 11.3 Å². The Morgan fingerprint density at radius 3 is 2.59 bits per heavy atom. The van der Waals surface area contributed by atoms with Gasteiger partial charge in [0.05, 0.1) is 15.6 Å². The molecule has 22 heavy (non-hydrogen) atoms. The van der Waals surface area contributed by atoms with Gasteiger partial charge in [0, 0.05) is 35.5 Å². The van der Waals surface area contributed by atoms with E-state index in [9.17, 15) is 14.9 Å². The van der Waals surface area contributed by atoms with E-state index in [0.29, 0.717) is 18.5 Å². The Bertz CT molecular complexity index is 680. The summed E-state index contributed by atoms with van der Waals surface area (Å²) < 4.78 is 0. The van der Waals surface area contributed by atoms with Crippen LogP contribution in [0.3, 0.4) is 0 Å². The van der Waals surface area contributed by atoms with Gasteiger partial charge in [-0.25, -0.2) is 4.98 Å². The number of aryl methyl sites for hydroxylation is 2. The van der Waals surface area contributed by atoms with E-state index in [-0.39, 0.29) is 11.6 Å². The Labute approximate surface area is 132 Å². The van der Waals surface area contributed by atoms with Crippen molar-refractivity contribution in [3.8, 4) is 0 Å². The van der Waals surface area contributed by atoms with Crippen molar-refractivity contribution in [1.29, 1.82) is 0 Å². The van der Waals surface area contributed by atoms with E-state index in [1.54, 1.807) is 11.3 Å². The molecule has 0 spiro atoms. The lowest BCUT2D eigenvalue weighted by Crippen LogP contribution is -2.25. The van der Waals surface area contributed by atoms with Crippen LogP contribution in [-0.4, -0.2) is 22.4 Å². The highest BCUT2D eigenvalue weighted by molar-refractivity contribution is 7.11. The predicted octanol–water partition coefficient (Wildman–Crippen LogP) is 2.89. The lowest BCUT2D eigenvalue weighted by atomic mass is 10.2. The van der Waals surface area contributed by atoms with Gasteiger partial charge in [0.15, 0.2) is 0 Å². The number of nitro benzene ring substituents is 1. The van der Waals surface area contributed by atoms with Gasteiger partial charge in [-0.2, -0.15) is 0 Å². The SMILES string of the molecule is CCc1nc(CCNC(=O)c2ccc([N+](=O)[O-])cc2)sc1C.